The summed E-state index contributed by atoms with van der Waals surface area (Å²) >= 11 is 1.69. The summed E-state index contributed by atoms with van der Waals surface area (Å²) in [5, 5.41) is 16.3. The first-order chi connectivity index (χ1) is 9.79. The fourth-order valence-electron chi connectivity index (χ4n) is 2.26. The van der Waals surface area contributed by atoms with Gasteiger partial charge in [0.05, 0.1) is 11.9 Å². The van der Waals surface area contributed by atoms with Crippen LogP contribution in [-0.4, -0.2) is 22.1 Å². The Morgan fingerprint density at radius 1 is 1.50 bits per heavy atom. The summed E-state index contributed by atoms with van der Waals surface area (Å²) in [5.41, 5.74) is 8.70. The van der Waals surface area contributed by atoms with E-state index in [-0.39, 0.29) is 5.84 Å². The van der Waals surface area contributed by atoms with Gasteiger partial charge in [0, 0.05) is 24.3 Å². The third-order valence-electron chi connectivity index (χ3n) is 3.41. The predicted octanol–water partition coefficient (Wildman–Crippen LogP) is 2.41. The van der Waals surface area contributed by atoms with Crippen molar-refractivity contribution in [3.8, 4) is 0 Å². The highest BCUT2D eigenvalue weighted by Gasteiger charge is 2.31. The molecule has 0 radical (unpaired) electrons. The van der Waals surface area contributed by atoms with E-state index in [1.54, 1.807) is 29.8 Å². The molecule has 0 atom stereocenters. The van der Waals surface area contributed by atoms with E-state index in [0.717, 1.165) is 17.8 Å². The average molecular weight is 288 g/mol. The molecule has 3 N–H and O–H groups in total. The second kappa shape index (κ2) is 5.50. The van der Waals surface area contributed by atoms with Crippen LogP contribution in [0.3, 0.4) is 0 Å². The Balaban J connectivity index is 1.95. The summed E-state index contributed by atoms with van der Waals surface area (Å²) in [4.78, 5) is 6.49. The molecule has 5 nitrogen and oxygen atoms in total. The van der Waals surface area contributed by atoms with E-state index in [1.807, 2.05) is 0 Å². The maximum atomic E-state index is 8.93. The fraction of sp³-hybridized carbons (Fsp3) is 0.286. The normalized spacial score (nSPS) is 15.3. The second-order valence-corrected chi connectivity index (χ2v) is 5.65. The molecule has 6 heteroatoms. The summed E-state index contributed by atoms with van der Waals surface area (Å²) in [6, 6.07) is 4.43. The molecule has 0 aliphatic heterocycles. The number of nitrogens with zero attached hydrogens (tertiary/aromatic N) is 3. The Morgan fingerprint density at radius 3 is 3.00 bits per heavy atom. The van der Waals surface area contributed by atoms with Crippen molar-refractivity contribution in [2.45, 2.75) is 25.4 Å². The van der Waals surface area contributed by atoms with E-state index in [2.05, 4.69) is 31.9 Å². The van der Waals surface area contributed by atoms with Gasteiger partial charge in [-0.25, -0.2) is 0 Å². The smallest absolute Gasteiger partial charge is 0.172 e. The third kappa shape index (κ3) is 2.60. The van der Waals surface area contributed by atoms with Crippen LogP contribution >= 0.6 is 11.3 Å². The molecule has 104 valence electrons. The Bertz CT molecular complexity index is 607. The molecule has 3 rings (SSSR count). The molecule has 20 heavy (non-hydrogen) atoms. The van der Waals surface area contributed by atoms with Crippen LogP contribution in [-0.2, 0) is 6.54 Å². The minimum absolute atomic E-state index is 0.123. The van der Waals surface area contributed by atoms with Crippen molar-refractivity contribution in [2.24, 2.45) is 10.9 Å². The summed E-state index contributed by atoms with van der Waals surface area (Å²) in [6.07, 6.45) is 5.80. The van der Waals surface area contributed by atoms with Crippen LogP contribution in [0.25, 0.3) is 0 Å². The van der Waals surface area contributed by atoms with E-state index in [9.17, 15) is 0 Å². The van der Waals surface area contributed by atoms with Crippen LogP contribution in [0.2, 0.25) is 0 Å². The number of hydrogen-bond donors (Lipinski definition) is 2. The highest BCUT2D eigenvalue weighted by Crippen LogP contribution is 2.34. The van der Waals surface area contributed by atoms with Crippen molar-refractivity contribution in [1.29, 1.82) is 0 Å². The second-order valence-electron chi connectivity index (χ2n) is 4.87. The Labute approximate surface area is 121 Å². The maximum Gasteiger partial charge on any atom is 0.172 e. The van der Waals surface area contributed by atoms with Gasteiger partial charge in [-0.3, -0.25) is 4.98 Å². The van der Waals surface area contributed by atoms with E-state index < -0.39 is 0 Å². The number of amidine groups is 1. The van der Waals surface area contributed by atoms with E-state index in [0.29, 0.717) is 6.04 Å². The number of pyridine rings is 1. The van der Waals surface area contributed by atoms with Crippen molar-refractivity contribution >= 4 is 22.9 Å². The van der Waals surface area contributed by atoms with E-state index in [4.69, 9.17) is 10.9 Å². The summed E-state index contributed by atoms with van der Waals surface area (Å²) in [5.74, 6) is 0.123. The molecule has 0 unspecified atom stereocenters. The lowest BCUT2D eigenvalue weighted by Crippen LogP contribution is -2.28. The van der Waals surface area contributed by atoms with Crippen molar-refractivity contribution in [1.82, 2.24) is 4.98 Å². The quantitative estimate of drug-likeness (QED) is 0.383. The van der Waals surface area contributed by atoms with Crippen LogP contribution in [0.1, 0.15) is 24.0 Å². The molecule has 1 aliphatic carbocycles. The Morgan fingerprint density at radius 2 is 2.35 bits per heavy atom. The Hall–Kier alpha value is -2.08. The van der Waals surface area contributed by atoms with Gasteiger partial charge in [0.2, 0.25) is 0 Å². The van der Waals surface area contributed by atoms with Crippen LogP contribution in [0, 0.1) is 0 Å². The minimum Gasteiger partial charge on any atom is -0.409 e. The largest absolute Gasteiger partial charge is 0.409 e. The number of nitrogens with two attached hydrogens (primary N) is 1. The lowest BCUT2D eigenvalue weighted by atomic mass is 10.1. The summed E-state index contributed by atoms with van der Waals surface area (Å²) in [7, 11) is 0. The van der Waals surface area contributed by atoms with Crippen molar-refractivity contribution in [3.05, 3.63) is 46.4 Å². The van der Waals surface area contributed by atoms with Crippen LogP contribution < -0.4 is 10.6 Å². The first kappa shape index (κ1) is 12.9. The number of oxime groups is 1. The van der Waals surface area contributed by atoms with Crippen LogP contribution in [0.15, 0.2) is 40.4 Å². The summed E-state index contributed by atoms with van der Waals surface area (Å²) < 4.78 is 0. The standard InChI is InChI=1S/C14H16N4OS/c15-14(17-19)12-3-5-16-7-13(12)18(11-1-2-11)8-10-4-6-20-9-10/h3-7,9,11,19H,1-2,8H2,(H2,15,17). The fourth-order valence-corrected chi connectivity index (χ4v) is 2.92. The van der Waals surface area contributed by atoms with Gasteiger partial charge in [-0.1, -0.05) is 5.16 Å². The number of rotatable bonds is 5. The Kier molecular flexibility index (Phi) is 3.56. The monoisotopic (exact) mass is 288 g/mol. The molecule has 0 amide bonds. The summed E-state index contributed by atoms with van der Waals surface area (Å²) in [6.45, 7) is 0.825. The zero-order valence-corrected chi connectivity index (χ0v) is 11.8. The van der Waals surface area contributed by atoms with Crippen molar-refractivity contribution in [3.63, 3.8) is 0 Å². The van der Waals surface area contributed by atoms with Gasteiger partial charge in [-0.2, -0.15) is 11.3 Å². The number of anilines is 1. The lowest BCUT2D eigenvalue weighted by molar-refractivity contribution is 0.318. The molecule has 2 heterocycles. The van der Waals surface area contributed by atoms with Gasteiger partial charge in [0.25, 0.3) is 0 Å². The van der Waals surface area contributed by atoms with Gasteiger partial charge in [0.1, 0.15) is 0 Å². The molecular formula is C14H16N4OS. The van der Waals surface area contributed by atoms with Crippen molar-refractivity contribution in [2.75, 3.05) is 4.90 Å². The van der Waals surface area contributed by atoms with Crippen molar-refractivity contribution < 1.29 is 5.21 Å². The highest BCUT2D eigenvalue weighted by molar-refractivity contribution is 7.07. The number of aromatic nitrogens is 1. The molecule has 0 bridgehead atoms. The van der Waals surface area contributed by atoms with Gasteiger partial charge >= 0.3 is 0 Å². The molecule has 1 saturated carbocycles. The first-order valence-electron chi connectivity index (χ1n) is 6.49. The number of hydrogen-bond acceptors (Lipinski definition) is 5. The molecule has 0 aromatic carbocycles. The minimum atomic E-state index is 0.123. The topological polar surface area (TPSA) is 74.7 Å². The molecular weight excluding hydrogens is 272 g/mol. The maximum absolute atomic E-state index is 8.93. The first-order valence-corrected chi connectivity index (χ1v) is 7.43. The number of thiophene rings is 1. The highest BCUT2D eigenvalue weighted by atomic mass is 32.1. The molecule has 2 aromatic heterocycles. The van der Waals surface area contributed by atoms with Gasteiger partial charge in [0.15, 0.2) is 5.84 Å². The lowest BCUT2D eigenvalue weighted by Gasteiger charge is -2.26. The zero-order valence-electron chi connectivity index (χ0n) is 10.9. The van der Waals surface area contributed by atoms with Crippen LogP contribution in [0.4, 0.5) is 5.69 Å². The molecule has 0 spiro atoms. The van der Waals surface area contributed by atoms with E-state index >= 15 is 0 Å². The predicted molar refractivity (Wildman–Crippen MR) is 80.3 cm³/mol. The van der Waals surface area contributed by atoms with Gasteiger partial charge < -0.3 is 15.8 Å². The van der Waals surface area contributed by atoms with Gasteiger partial charge in [-0.05, 0) is 41.3 Å². The third-order valence-corrected chi connectivity index (χ3v) is 4.15. The SMILES string of the molecule is N/C(=N/O)c1ccncc1N(Cc1ccsc1)C1CC1. The van der Waals surface area contributed by atoms with Gasteiger partial charge in [-0.15, -0.1) is 0 Å². The molecule has 1 fully saturated rings. The molecule has 0 saturated heterocycles. The molecule has 1 aliphatic rings. The molecule has 2 aromatic rings. The average Bonchev–Trinajstić information content (AvgIpc) is 3.20. The van der Waals surface area contributed by atoms with Crippen LogP contribution in [0.5, 0.6) is 0 Å². The zero-order chi connectivity index (χ0) is 13.9. The van der Waals surface area contributed by atoms with E-state index in [1.165, 1.54) is 18.4 Å².